The van der Waals surface area contributed by atoms with E-state index in [1.807, 2.05) is 36.4 Å². The van der Waals surface area contributed by atoms with E-state index < -0.39 is 0 Å². The van der Waals surface area contributed by atoms with Gasteiger partial charge in [0.25, 0.3) is 0 Å². The maximum Gasteiger partial charge on any atom is 0.142 e. The van der Waals surface area contributed by atoms with Crippen LogP contribution in [-0.2, 0) is 13.2 Å². The minimum atomic E-state index is 0.414. The Hall–Kier alpha value is -1.58. The van der Waals surface area contributed by atoms with E-state index in [0.717, 1.165) is 23.6 Å². The van der Waals surface area contributed by atoms with Crippen molar-refractivity contribution in [3.8, 4) is 5.75 Å². The van der Waals surface area contributed by atoms with Crippen LogP contribution < -0.4 is 10.1 Å². The molecule has 2 rings (SSSR count). The van der Waals surface area contributed by atoms with Gasteiger partial charge in [-0.05, 0) is 18.2 Å². The van der Waals surface area contributed by atoms with E-state index in [4.69, 9.17) is 16.3 Å². The number of rotatable bonds is 6. The third-order valence-electron chi connectivity index (χ3n) is 2.84. The molecule has 2 aromatic rings. The molecule has 0 saturated heterocycles. The Morgan fingerprint density at radius 2 is 2.05 bits per heavy atom. The average Bonchev–Trinajstić information content (AvgIpc) is 2.45. The maximum atomic E-state index is 6.24. The summed E-state index contributed by atoms with van der Waals surface area (Å²) in [5, 5.41) is 4.00. The fraction of sp³-hybridized carbons (Fsp3) is 0.312. The van der Waals surface area contributed by atoms with E-state index in [2.05, 4.69) is 24.1 Å². The number of para-hydroxylation sites is 1. The molecule has 0 aliphatic heterocycles. The van der Waals surface area contributed by atoms with E-state index in [-0.39, 0.29) is 0 Å². The van der Waals surface area contributed by atoms with Crippen molar-refractivity contribution >= 4 is 11.6 Å². The SMILES string of the molecule is CC(C)NCc1cccc(Cl)c1OCc1ccccn1. The number of pyridine rings is 1. The molecule has 20 heavy (non-hydrogen) atoms. The summed E-state index contributed by atoms with van der Waals surface area (Å²) in [5.74, 6) is 0.730. The van der Waals surface area contributed by atoms with Crippen molar-refractivity contribution in [1.82, 2.24) is 10.3 Å². The Bertz CT molecular complexity index is 543. The number of nitrogens with one attached hydrogen (secondary N) is 1. The fourth-order valence-corrected chi connectivity index (χ4v) is 2.05. The summed E-state index contributed by atoms with van der Waals surface area (Å²) < 4.78 is 5.85. The molecule has 0 aliphatic rings. The van der Waals surface area contributed by atoms with Crippen molar-refractivity contribution in [2.24, 2.45) is 0 Å². The fourth-order valence-electron chi connectivity index (χ4n) is 1.80. The molecule has 0 spiro atoms. The normalized spacial score (nSPS) is 10.8. The minimum Gasteiger partial charge on any atom is -0.485 e. The molecule has 0 unspecified atom stereocenters. The van der Waals surface area contributed by atoms with Gasteiger partial charge in [-0.25, -0.2) is 0 Å². The zero-order valence-electron chi connectivity index (χ0n) is 11.8. The first-order valence-corrected chi connectivity index (χ1v) is 7.08. The van der Waals surface area contributed by atoms with Gasteiger partial charge in [-0.1, -0.05) is 43.6 Å². The molecule has 1 heterocycles. The van der Waals surface area contributed by atoms with Crippen molar-refractivity contribution in [3.05, 3.63) is 58.9 Å². The molecule has 3 nitrogen and oxygen atoms in total. The summed E-state index contributed by atoms with van der Waals surface area (Å²) >= 11 is 6.24. The monoisotopic (exact) mass is 290 g/mol. The molecule has 1 aromatic carbocycles. The number of benzene rings is 1. The average molecular weight is 291 g/mol. The van der Waals surface area contributed by atoms with Gasteiger partial charge in [0, 0.05) is 24.3 Å². The number of hydrogen-bond donors (Lipinski definition) is 1. The summed E-state index contributed by atoms with van der Waals surface area (Å²) in [4.78, 5) is 4.24. The van der Waals surface area contributed by atoms with Crippen molar-refractivity contribution in [1.29, 1.82) is 0 Å². The van der Waals surface area contributed by atoms with Gasteiger partial charge in [-0.3, -0.25) is 4.98 Å². The lowest BCUT2D eigenvalue weighted by Crippen LogP contribution is -2.22. The summed E-state index contributed by atoms with van der Waals surface area (Å²) in [6, 6.07) is 12.0. The first-order chi connectivity index (χ1) is 9.66. The standard InChI is InChI=1S/C16H19ClN2O/c1-12(2)19-10-13-6-5-8-15(17)16(13)20-11-14-7-3-4-9-18-14/h3-9,12,19H,10-11H2,1-2H3. The molecule has 0 saturated carbocycles. The van der Waals surface area contributed by atoms with Crippen LogP contribution in [0.3, 0.4) is 0 Å². The zero-order valence-corrected chi connectivity index (χ0v) is 12.5. The lowest BCUT2D eigenvalue weighted by molar-refractivity contribution is 0.297. The first kappa shape index (κ1) is 14.8. The largest absolute Gasteiger partial charge is 0.485 e. The van der Waals surface area contributed by atoms with Gasteiger partial charge in [0.15, 0.2) is 0 Å². The van der Waals surface area contributed by atoms with Gasteiger partial charge in [-0.2, -0.15) is 0 Å². The lowest BCUT2D eigenvalue weighted by Gasteiger charge is -2.15. The van der Waals surface area contributed by atoms with Crippen molar-refractivity contribution in [2.75, 3.05) is 0 Å². The number of hydrogen-bond acceptors (Lipinski definition) is 3. The van der Waals surface area contributed by atoms with Crippen LogP contribution in [0.1, 0.15) is 25.1 Å². The molecule has 1 aromatic heterocycles. The second kappa shape index (κ2) is 7.27. The van der Waals surface area contributed by atoms with Crippen molar-refractivity contribution in [3.63, 3.8) is 0 Å². The topological polar surface area (TPSA) is 34.1 Å². The predicted molar refractivity (Wildman–Crippen MR) is 82.0 cm³/mol. The van der Waals surface area contributed by atoms with Crippen LogP contribution in [-0.4, -0.2) is 11.0 Å². The number of aromatic nitrogens is 1. The van der Waals surface area contributed by atoms with E-state index in [1.54, 1.807) is 6.20 Å². The van der Waals surface area contributed by atoms with E-state index in [1.165, 1.54) is 0 Å². The second-order valence-corrected chi connectivity index (χ2v) is 5.28. The van der Waals surface area contributed by atoms with Gasteiger partial charge in [-0.15, -0.1) is 0 Å². The molecular weight excluding hydrogens is 272 g/mol. The van der Waals surface area contributed by atoms with Gasteiger partial charge in [0.05, 0.1) is 10.7 Å². The van der Waals surface area contributed by atoms with E-state index in [9.17, 15) is 0 Å². The van der Waals surface area contributed by atoms with Gasteiger partial charge in [0.2, 0.25) is 0 Å². The van der Waals surface area contributed by atoms with Gasteiger partial charge in [0.1, 0.15) is 12.4 Å². The summed E-state index contributed by atoms with van der Waals surface area (Å²) in [7, 11) is 0. The minimum absolute atomic E-state index is 0.414. The van der Waals surface area contributed by atoms with Gasteiger partial charge < -0.3 is 10.1 Å². The van der Waals surface area contributed by atoms with Crippen LogP contribution in [0.25, 0.3) is 0 Å². The molecule has 106 valence electrons. The summed E-state index contributed by atoms with van der Waals surface area (Å²) in [6.45, 7) is 5.37. The molecular formula is C16H19ClN2O. The van der Waals surface area contributed by atoms with Crippen LogP contribution in [0.5, 0.6) is 5.75 Å². The van der Waals surface area contributed by atoms with Crippen LogP contribution in [0.4, 0.5) is 0 Å². The lowest BCUT2D eigenvalue weighted by atomic mass is 10.2. The maximum absolute atomic E-state index is 6.24. The van der Waals surface area contributed by atoms with Crippen LogP contribution in [0.15, 0.2) is 42.6 Å². The van der Waals surface area contributed by atoms with Gasteiger partial charge >= 0.3 is 0 Å². The molecule has 0 radical (unpaired) electrons. The zero-order chi connectivity index (χ0) is 14.4. The molecule has 0 amide bonds. The van der Waals surface area contributed by atoms with Crippen molar-refractivity contribution in [2.45, 2.75) is 33.0 Å². The molecule has 4 heteroatoms. The molecule has 0 fully saturated rings. The number of halogens is 1. The number of ether oxygens (including phenoxy) is 1. The van der Waals surface area contributed by atoms with Crippen LogP contribution >= 0.6 is 11.6 Å². The Kier molecular flexibility index (Phi) is 5.39. The molecule has 0 aliphatic carbocycles. The number of nitrogens with zero attached hydrogens (tertiary/aromatic N) is 1. The Morgan fingerprint density at radius 3 is 2.75 bits per heavy atom. The Balaban J connectivity index is 2.09. The smallest absolute Gasteiger partial charge is 0.142 e. The highest BCUT2D eigenvalue weighted by Gasteiger charge is 2.09. The quantitative estimate of drug-likeness (QED) is 0.878. The summed E-state index contributed by atoms with van der Waals surface area (Å²) in [5.41, 5.74) is 1.94. The molecule has 0 atom stereocenters. The highest BCUT2D eigenvalue weighted by Crippen LogP contribution is 2.29. The summed E-state index contributed by atoms with van der Waals surface area (Å²) in [6.07, 6.45) is 1.76. The Labute approximate surface area is 124 Å². The third kappa shape index (κ3) is 4.22. The Morgan fingerprint density at radius 1 is 1.20 bits per heavy atom. The first-order valence-electron chi connectivity index (χ1n) is 6.70. The van der Waals surface area contributed by atoms with Crippen LogP contribution in [0.2, 0.25) is 5.02 Å². The molecule has 0 bridgehead atoms. The van der Waals surface area contributed by atoms with Crippen LogP contribution in [0, 0.1) is 0 Å². The predicted octanol–water partition coefficient (Wildman–Crippen LogP) is 3.81. The van der Waals surface area contributed by atoms with E-state index in [0.29, 0.717) is 17.7 Å². The highest BCUT2D eigenvalue weighted by molar-refractivity contribution is 6.32. The van der Waals surface area contributed by atoms with Crippen molar-refractivity contribution < 1.29 is 4.74 Å². The van der Waals surface area contributed by atoms with E-state index >= 15 is 0 Å². The third-order valence-corrected chi connectivity index (χ3v) is 3.14. The highest BCUT2D eigenvalue weighted by atomic mass is 35.5. The molecule has 1 N–H and O–H groups in total. The second-order valence-electron chi connectivity index (χ2n) is 4.87.